The van der Waals surface area contributed by atoms with Crippen molar-refractivity contribution in [3.05, 3.63) is 76.1 Å². The fourth-order valence-electron chi connectivity index (χ4n) is 4.27. The lowest BCUT2D eigenvalue weighted by Crippen LogP contribution is -2.07. The second kappa shape index (κ2) is 8.04. The van der Waals surface area contributed by atoms with Crippen molar-refractivity contribution >= 4 is 38.4 Å². The molecular weight excluding hydrogens is 462 g/mol. The first-order valence-corrected chi connectivity index (χ1v) is 13.0. The number of halogens is 1. The summed E-state index contributed by atoms with van der Waals surface area (Å²) in [5.41, 5.74) is 4.99. The van der Waals surface area contributed by atoms with Gasteiger partial charge in [-0.15, -0.1) is 0 Å². The molecule has 2 aromatic carbocycles. The van der Waals surface area contributed by atoms with Gasteiger partial charge in [0.25, 0.3) is 0 Å². The van der Waals surface area contributed by atoms with E-state index in [1.807, 2.05) is 35.0 Å². The molecule has 0 bridgehead atoms. The van der Waals surface area contributed by atoms with Gasteiger partial charge in [-0.2, -0.15) is 5.10 Å². The van der Waals surface area contributed by atoms with Crippen molar-refractivity contribution < 1.29 is 18.3 Å². The number of H-pyrrole nitrogens is 1. The van der Waals surface area contributed by atoms with Crippen LogP contribution in [0.3, 0.4) is 0 Å². The molecule has 0 saturated heterocycles. The Kier molecular flexibility index (Phi) is 5.29. The predicted octanol–water partition coefficient (Wildman–Crippen LogP) is 4.85. The Balaban J connectivity index is 1.67. The highest BCUT2D eigenvalue weighted by atomic mass is 35.5. The highest BCUT2D eigenvalue weighted by Gasteiger charge is 2.33. The third-order valence-electron chi connectivity index (χ3n) is 5.84. The molecule has 170 valence electrons. The van der Waals surface area contributed by atoms with Crippen LogP contribution in [0.15, 0.2) is 48.5 Å². The first-order chi connectivity index (χ1) is 15.7. The molecule has 0 amide bonds. The molecule has 1 aliphatic rings. The molecule has 9 heteroatoms. The average Bonchev–Trinajstić information content (AvgIpc) is 3.42. The Bertz CT molecular complexity index is 1490. The number of carbonyl (C=O) groups is 1. The van der Waals surface area contributed by atoms with Crippen LogP contribution in [0.1, 0.15) is 46.1 Å². The van der Waals surface area contributed by atoms with Gasteiger partial charge in [0, 0.05) is 22.8 Å². The summed E-state index contributed by atoms with van der Waals surface area (Å²) in [5.74, 6) is -0.930. The summed E-state index contributed by atoms with van der Waals surface area (Å²) >= 11 is 6.39. The van der Waals surface area contributed by atoms with Crippen LogP contribution in [-0.4, -0.2) is 40.5 Å². The highest BCUT2D eigenvalue weighted by molar-refractivity contribution is 7.89. The average molecular weight is 484 g/mol. The van der Waals surface area contributed by atoms with E-state index in [-0.39, 0.29) is 16.5 Å². The number of rotatable bonds is 7. The molecular formula is C24H22ClN3O4S. The number of aromatic nitrogens is 3. The van der Waals surface area contributed by atoms with Gasteiger partial charge in [-0.3, -0.25) is 4.68 Å². The molecule has 1 saturated carbocycles. The quantitative estimate of drug-likeness (QED) is 0.391. The Morgan fingerprint density at radius 3 is 2.55 bits per heavy atom. The summed E-state index contributed by atoms with van der Waals surface area (Å²) in [6, 6.07) is 15.0. The van der Waals surface area contributed by atoms with Crippen molar-refractivity contribution in [2.45, 2.75) is 31.1 Å². The number of carboxylic acid groups (broad SMARTS) is 1. The number of hydrogen-bond donors (Lipinski definition) is 2. The molecule has 1 aliphatic carbocycles. The van der Waals surface area contributed by atoms with Crippen LogP contribution >= 0.6 is 11.6 Å². The van der Waals surface area contributed by atoms with E-state index in [4.69, 9.17) is 16.7 Å². The van der Waals surface area contributed by atoms with Crippen LogP contribution < -0.4 is 0 Å². The number of nitrogens with zero attached hydrogens (tertiary/aromatic N) is 2. The second-order valence-electron chi connectivity index (χ2n) is 8.58. The van der Waals surface area contributed by atoms with Gasteiger partial charge in [0.15, 0.2) is 9.84 Å². The number of sulfone groups is 1. The molecule has 0 unspecified atom stereocenters. The Labute approximate surface area is 195 Å². The normalized spacial score (nSPS) is 14.1. The Hall–Kier alpha value is -3.10. The number of aromatic amines is 1. The summed E-state index contributed by atoms with van der Waals surface area (Å²) in [6.07, 6.45) is 3.23. The highest BCUT2D eigenvalue weighted by Crippen LogP contribution is 2.45. The van der Waals surface area contributed by atoms with Gasteiger partial charge in [0.2, 0.25) is 0 Å². The minimum atomic E-state index is -3.26. The first kappa shape index (κ1) is 21.7. The monoisotopic (exact) mass is 483 g/mol. The summed E-state index contributed by atoms with van der Waals surface area (Å²) in [5, 5.41) is 15.0. The zero-order valence-corrected chi connectivity index (χ0v) is 19.4. The number of aromatic carboxylic acids is 1. The van der Waals surface area contributed by atoms with Crippen LogP contribution in [0, 0.1) is 0 Å². The third-order valence-corrected chi connectivity index (χ3v) is 7.03. The molecule has 4 aromatic rings. The lowest BCUT2D eigenvalue weighted by atomic mass is 10.0. The summed E-state index contributed by atoms with van der Waals surface area (Å²) in [7, 11) is -3.26. The van der Waals surface area contributed by atoms with Gasteiger partial charge in [0.05, 0.1) is 23.5 Å². The molecule has 0 atom stereocenters. The number of carboxylic acids is 1. The summed E-state index contributed by atoms with van der Waals surface area (Å²) < 4.78 is 25.3. The van der Waals surface area contributed by atoms with Crippen LogP contribution in [0.2, 0.25) is 5.02 Å². The SMILES string of the molecule is CS(=O)(=O)Cc1ccc(-c2c(C(=O)O)[nH]c3c(C4CC4)n(Cc4ccccc4)nc23)cc1Cl. The molecule has 2 heterocycles. The zero-order chi connectivity index (χ0) is 23.3. The molecule has 0 aliphatic heterocycles. The van der Waals surface area contributed by atoms with E-state index in [0.717, 1.165) is 35.9 Å². The third kappa shape index (κ3) is 4.28. The maximum absolute atomic E-state index is 12.1. The fraction of sp³-hybridized carbons (Fsp3) is 0.250. The van der Waals surface area contributed by atoms with E-state index in [1.165, 1.54) is 0 Å². The standard InChI is InChI=1S/C24H22ClN3O4S/c1-33(31,32)13-17-10-9-16(11-18(17)25)19-20-22(26-21(19)24(29)30)23(15-7-8-15)28(27-20)12-14-5-3-2-4-6-14/h2-6,9-11,15,26H,7-8,12-13H2,1H3,(H,29,30). The summed E-state index contributed by atoms with van der Waals surface area (Å²) in [6.45, 7) is 0.588. The van der Waals surface area contributed by atoms with Gasteiger partial charge in [-0.05, 0) is 35.6 Å². The number of hydrogen-bond acceptors (Lipinski definition) is 4. The van der Waals surface area contributed by atoms with Gasteiger partial charge in [-0.25, -0.2) is 13.2 Å². The lowest BCUT2D eigenvalue weighted by molar-refractivity contribution is 0.0692. The van der Waals surface area contributed by atoms with Crippen molar-refractivity contribution in [2.24, 2.45) is 0 Å². The van der Waals surface area contributed by atoms with Crippen molar-refractivity contribution in [3.8, 4) is 11.1 Å². The van der Waals surface area contributed by atoms with Gasteiger partial charge < -0.3 is 10.1 Å². The largest absolute Gasteiger partial charge is 0.477 e. The van der Waals surface area contributed by atoms with E-state index in [9.17, 15) is 18.3 Å². The number of nitrogens with one attached hydrogen (secondary N) is 1. The van der Waals surface area contributed by atoms with E-state index < -0.39 is 15.8 Å². The van der Waals surface area contributed by atoms with Crippen LogP contribution in [-0.2, 0) is 22.1 Å². The van der Waals surface area contributed by atoms with E-state index in [0.29, 0.717) is 34.7 Å². The number of fused-ring (bicyclic) bond motifs is 1. The van der Waals surface area contributed by atoms with Crippen LogP contribution in [0.5, 0.6) is 0 Å². The van der Waals surface area contributed by atoms with Crippen molar-refractivity contribution in [3.63, 3.8) is 0 Å². The second-order valence-corrected chi connectivity index (χ2v) is 11.1. The molecule has 0 spiro atoms. The van der Waals surface area contributed by atoms with Crippen molar-refractivity contribution in [1.29, 1.82) is 0 Å². The molecule has 2 N–H and O–H groups in total. The smallest absolute Gasteiger partial charge is 0.353 e. The van der Waals surface area contributed by atoms with E-state index in [2.05, 4.69) is 4.98 Å². The lowest BCUT2D eigenvalue weighted by Gasteiger charge is -2.08. The van der Waals surface area contributed by atoms with E-state index >= 15 is 0 Å². The Morgan fingerprint density at radius 2 is 1.94 bits per heavy atom. The number of benzene rings is 2. The molecule has 5 rings (SSSR count). The van der Waals surface area contributed by atoms with Crippen molar-refractivity contribution in [2.75, 3.05) is 6.26 Å². The minimum absolute atomic E-state index is 0.0493. The molecule has 33 heavy (non-hydrogen) atoms. The molecule has 7 nitrogen and oxygen atoms in total. The van der Waals surface area contributed by atoms with Crippen LogP contribution in [0.4, 0.5) is 0 Å². The van der Waals surface area contributed by atoms with Crippen molar-refractivity contribution in [1.82, 2.24) is 14.8 Å². The maximum atomic E-state index is 12.1. The van der Waals surface area contributed by atoms with Gasteiger partial charge >= 0.3 is 5.97 Å². The predicted molar refractivity (Wildman–Crippen MR) is 128 cm³/mol. The molecule has 0 radical (unpaired) electrons. The summed E-state index contributed by atoms with van der Waals surface area (Å²) in [4.78, 5) is 15.2. The maximum Gasteiger partial charge on any atom is 0.353 e. The zero-order valence-electron chi connectivity index (χ0n) is 17.9. The topological polar surface area (TPSA) is 105 Å². The van der Waals surface area contributed by atoms with Gasteiger partial charge in [0.1, 0.15) is 11.2 Å². The Morgan fingerprint density at radius 1 is 1.21 bits per heavy atom. The first-order valence-electron chi connectivity index (χ1n) is 10.6. The van der Waals surface area contributed by atoms with E-state index in [1.54, 1.807) is 18.2 Å². The van der Waals surface area contributed by atoms with Gasteiger partial charge in [-0.1, -0.05) is 54.1 Å². The van der Waals surface area contributed by atoms with Crippen LogP contribution in [0.25, 0.3) is 22.2 Å². The fourth-order valence-corrected chi connectivity index (χ4v) is 5.41. The molecule has 1 fully saturated rings. The molecule has 2 aromatic heterocycles. The minimum Gasteiger partial charge on any atom is -0.477 e.